The number of rotatable bonds is 2. The van der Waals surface area contributed by atoms with Crippen LogP contribution in [0.5, 0.6) is 0 Å². The van der Waals surface area contributed by atoms with Gasteiger partial charge >= 0.3 is 0 Å². The van der Waals surface area contributed by atoms with E-state index in [1.54, 1.807) is 6.07 Å². The van der Waals surface area contributed by atoms with Gasteiger partial charge in [-0.3, -0.25) is 10.1 Å². The van der Waals surface area contributed by atoms with E-state index in [1.165, 1.54) is 18.2 Å². The summed E-state index contributed by atoms with van der Waals surface area (Å²) in [6.45, 7) is 0. The third-order valence-electron chi connectivity index (χ3n) is 1.06. The lowest BCUT2D eigenvalue weighted by Crippen LogP contribution is -1.89. The van der Waals surface area contributed by atoms with Gasteiger partial charge in [0.1, 0.15) is 0 Å². The van der Waals surface area contributed by atoms with Gasteiger partial charge in [0.25, 0.3) is 5.69 Å². The minimum atomic E-state index is -0.499. The average molecular weight is 139 g/mol. The Morgan fingerprint density at radius 3 is 3.10 bits per heavy atom. The molecule has 0 aliphatic rings. The molecule has 10 heavy (non-hydrogen) atoms. The van der Waals surface area contributed by atoms with Gasteiger partial charge in [0.15, 0.2) is 1.41 Å². The molecule has 0 aromatic heterocycles. The second kappa shape index (κ2) is 2.34. The van der Waals surface area contributed by atoms with Crippen molar-refractivity contribution >= 4 is 11.4 Å². The molecule has 0 bridgehead atoms. The largest absolute Gasteiger partial charge is 0.399 e. The fraction of sp³-hybridized carbons (Fsp3) is 0. The molecule has 0 heterocycles. The van der Waals surface area contributed by atoms with Crippen LogP contribution in [0.3, 0.4) is 0 Å². The van der Waals surface area contributed by atoms with E-state index in [-0.39, 0.29) is 5.69 Å². The maximum absolute atomic E-state index is 10.2. The average Bonchev–Trinajstić information content (AvgIpc) is 2.05. The van der Waals surface area contributed by atoms with E-state index in [9.17, 15) is 10.1 Å². The van der Waals surface area contributed by atoms with Gasteiger partial charge in [-0.25, -0.2) is 0 Å². The topological polar surface area (TPSA) is 69.2 Å². The molecule has 0 atom stereocenters. The first-order chi connectivity index (χ1) is 5.24. The van der Waals surface area contributed by atoms with Crippen LogP contribution in [0.15, 0.2) is 24.3 Å². The van der Waals surface area contributed by atoms with Gasteiger partial charge in [-0.2, -0.15) is 0 Å². The van der Waals surface area contributed by atoms with Gasteiger partial charge in [0, 0.05) is 17.8 Å². The smallest absolute Gasteiger partial charge is 0.271 e. The van der Waals surface area contributed by atoms with Crippen molar-refractivity contribution in [3.05, 3.63) is 34.4 Å². The number of non-ortho nitro benzene ring substituents is 1. The molecule has 0 fully saturated rings. The van der Waals surface area contributed by atoms with Gasteiger partial charge in [-0.1, -0.05) is 6.07 Å². The number of nitro benzene ring substituents is 1. The zero-order valence-corrected chi connectivity index (χ0v) is 5.07. The van der Waals surface area contributed by atoms with Crippen molar-refractivity contribution in [2.24, 2.45) is 0 Å². The lowest BCUT2D eigenvalue weighted by atomic mass is 10.3. The number of nitrogen functional groups attached to an aromatic ring is 1. The summed E-state index contributed by atoms with van der Waals surface area (Å²) < 4.78 is 6.71. The maximum Gasteiger partial charge on any atom is 0.271 e. The molecule has 52 valence electrons. The summed E-state index contributed by atoms with van der Waals surface area (Å²) in [6.07, 6.45) is 0. The number of nitrogens with two attached hydrogens (primary N) is 1. The summed E-state index contributed by atoms with van der Waals surface area (Å²) in [5.41, 5.74) is 2.47. The maximum atomic E-state index is 10.2. The molecule has 0 spiro atoms. The van der Waals surface area contributed by atoms with Crippen molar-refractivity contribution in [1.82, 2.24) is 0 Å². The highest BCUT2D eigenvalue weighted by molar-refractivity contribution is 5.46. The number of hydrogen-bond acceptors (Lipinski definition) is 3. The number of anilines is 1. The van der Waals surface area contributed by atoms with E-state index >= 15 is 0 Å². The molecule has 0 unspecified atom stereocenters. The molecule has 1 rings (SSSR count). The third kappa shape index (κ3) is 1.22. The summed E-state index contributed by atoms with van der Waals surface area (Å²) in [5.74, 6) is 0. The molecule has 0 saturated heterocycles. The molecule has 0 radical (unpaired) electrons. The van der Waals surface area contributed by atoms with Crippen LogP contribution < -0.4 is 5.73 Å². The Balaban J connectivity index is 3.01. The molecular formula is C6H6N2O2. The Morgan fingerprint density at radius 2 is 2.50 bits per heavy atom. The van der Waals surface area contributed by atoms with E-state index in [0.29, 0.717) is 5.69 Å². The lowest BCUT2D eigenvalue weighted by Gasteiger charge is -1.90. The Kier molecular flexibility index (Phi) is 1.23. The molecule has 1 aromatic carbocycles. The predicted octanol–water partition coefficient (Wildman–Crippen LogP) is 1.18. The molecule has 0 aliphatic heterocycles. The first-order valence-electron chi connectivity index (χ1n) is 3.16. The summed E-state index contributed by atoms with van der Waals surface area (Å²) in [4.78, 5) is 9.69. The molecule has 0 saturated carbocycles. The molecular weight excluding hydrogens is 132 g/mol. The normalized spacial score (nSPS) is 10.2. The van der Waals surface area contributed by atoms with Gasteiger partial charge in [-0.15, -0.1) is 0 Å². The Labute approximate surface area is 58.9 Å². The lowest BCUT2D eigenvalue weighted by molar-refractivity contribution is -0.384. The summed E-state index contributed by atoms with van der Waals surface area (Å²) in [5, 5.41) is 10.2. The van der Waals surface area contributed by atoms with Crippen molar-refractivity contribution in [1.29, 1.82) is 0 Å². The molecule has 1 aromatic rings. The Morgan fingerprint density at radius 1 is 1.70 bits per heavy atom. The number of benzene rings is 1. The van der Waals surface area contributed by atoms with Crippen LogP contribution in [0.1, 0.15) is 0 Å². The van der Waals surface area contributed by atoms with E-state index in [0.717, 1.165) is 0 Å². The zero-order chi connectivity index (χ0) is 8.27. The van der Waals surface area contributed by atoms with Crippen molar-refractivity contribution < 1.29 is 6.34 Å². The standard InChI is InChI=1S/C6H6N2O2/c7-5-2-1-3-6(4-5)8(9)10/h1-4H,7H2/i/hD. The summed E-state index contributed by atoms with van der Waals surface area (Å²) >= 11 is 0. The van der Waals surface area contributed by atoms with Crippen molar-refractivity contribution in [2.75, 3.05) is 5.73 Å². The number of nitro groups is 1. The van der Waals surface area contributed by atoms with Crippen LogP contribution in [0, 0.1) is 10.1 Å². The zero-order valence-electron chi connectivity index (χ0n) is 6.07. The second-order valence-electron chi connectivity index (χ2n) is 1.81. The third-order valence-corrected chi connectivity index (χ3v) is 1.06. The number of hydrogen-bond donors (Lipinski definition) is 1. The van der Waals surface area contributed by atoms with Gasteiger partial charge in [-0.05, 0) is 6.07 Å². The number of nitrogens with zero attached hydrogens (tertiary/aromatic N) is 1. The monoisotopic (exact) mass is 139 g/mol. The van der Waals surface area contributed by atoms with E-state index in [2.05, 4.69) is 5.73 Å². The molecule has 0 aliphatic carbocycles. The van der Waals surface area contributed by atoms with E-state index < -0.39 is 4.92 Å². The van der Waals surface area contributed by atoms with Crippen LogP contribution in [-0.4, -0.2) is 4.92 Å². The van der Waals surface area contributed by atoms with Crippen molar-refractivity contribution in [2.45, 2.75) is 0 Å². The van der Waals surface area contributed by atoms with Crippen molar-refractivity contribution in [3.8, 4) is 0 Å². The first-order valence-corrected chi connectivity index (χ1v) is 2.66. The fourth-order valence-corrected chi connectivity index (χ4v) is 0.619. The van der Waals surface area contributed by atoms with Crippen LogP contribution in [0.2, 0.25) is 1.41 Å². The predicted molar refractivity (Wildman–Crippen MR) is 37.5 cm³/mol. The van der Waals surface area contributed by atoms with E-state index in [4.69, 9.17) is 1.41 Å². The summed E-state index contributed by atoms with van der Waals surface area (Å²) in [7, 11) is 0. The van der Waals surface area contributed by atoms with E-state index in [1.807, 2.05) is 0 Å². The van der Waals surface area contributed by atoms with Crippen molar-refractivity contribution in [3.63, 3.8) is 0 Å². The van der Waals surface area contributed by atoms with Gasteiger partial charge in [0.2, 0.25) is 0 Å². The minimum absolute atomic E-state index is 0.0118. The SMILES string of the molecule is [2H]Nc1cccc([N+](=O)[O-])c1. The second-order valence-corrected chi connectivity index (χ2v) is 1.81. The highest BCUT2D eigenvalue weighted by atomic mass is 16.6. The quantitative estimate of drug-likeness (QED) is 0.380. The van der Waals surface area contributed by atoms with Crippen LogP contribution in [0.4, 0.5) is 11.4 Å². The summed E-state index contributed by atoms with van der Waals surface area (Å²) in [6, 6.07) is 5.78. The van der Waals surface area contributed by atoms with Crippen LogP contribution >= 0.6 is 0 Å². The fourth-order valence-electron chi connectivity index (χ4n) is 0.619. The molecule has 4 nitrogen and oxygen atoms in total. The van der Waals surface area contributed by atoms with Crippen LogP contribution in [0.25, 0.3) is 0 Å². The highest BCUT2D eigenvalue weighted by Crippen LogP contribution is 2.13. The molecule has 4 heteroatoms. The Hall–Kier alpha value is -1.58. The minimum Gasteiger partial charge on any atom is -0.399 e. The molecule has 0 amide bonds. The van der Waals surface area contributed by atoms with Gasteiger partial charge in [0.05, 0.1) is 4.92 Å². The van der Waals surface area contributed by atoms with Crippen LogP contribution in [-0.2, 0) is 0 Å². The molecule has 2 N–H and O–H groups in total. The first kappa shape index (κ1) is 5.22. The Bertz CT molecular complexity index is 277. The van der Waals surface area contributed by atoms with Gasteiger partial charge < -0.3 is 5.73 Å². The highest BCUT2D eigenvalue weighted by Gasteiger charge is 2.02.